The molecule has 0 spiro atoms. The number of hydrogen-bond acceptors (Lipinski definition) is 3. The van der Waals surface area contributed by atoms with Gasteiger partial charge in [0.2, 0.25) is 0 Å². The summed E-state index contributed by atoms with van der Waals surface area (Å²) in [6.45, 7) is 0. The maximum Gasteiger partial charge on any atom is 0.162 e. The maximum atomic E-state index is 7.57. The lowest BCUT2D eigenvalue weighted by Crippen LogP contribution is -2.41. The summed E-state index contributed by atoms with van der Waals surface area (Å²) in [5, 5.41) is 7.57. The molecule has 0 bridgehead atoms. The number of allylic oxidation sites excluding steroid dienone is 1. The first-order valence-corrected chi connectivity index (χ1v) is 5.01. The van der Waals surface area contributed by atoms with Crippen molar-refractivity contribution in [2.45, 2.75) is 18.6 Å². The molecule has 1 aliphatic carbocycles. The highest BCUT2D eigenvalue weighted by Crippen LogP contribution is 2.35. The lowest BCUT2D eigenvalue weighted by atomic mass is 9.99. The van der Waals surface area contributed by atoms with E-state index in [-0.39, 0.29) is 12.2 Å². The first-order chi connectivity index (χ1) is 7.33. The number of para-hydroxylation sites is 2. The molecule has 0 saturated carbocycles. The normalized spacial score (nSPS) is 27.3. The van der Waals surface area contributed by atoms with Crippen molar-refractivity contribution in [2.24, 2.45) is 0 Å². The Hall–Kier alpha value is -1.77. The van der Waals surface area contributed by atoms with E-state index in [1.807, 2.05) is 30.3 Å². The molecule has 0 saturated heterocycles. The number of ether oxygens (including phenoxy) is 2. The third-order valence-electron chi connectivity index (χ3n) is 2.67. The van der Waals surface area contributed by atoms with E-state index in [1.165, 1.54) is 0 Å². The summed E-state index contributed by atoms with van der Waals surface area (Å²) in [6.07, 6.45) is 4.21. The lowest BCUT2D eigenvalue weighted by Gasteiger charge is -2.34. The second kappa shape index (κ2) is 3.12. The van der Waals surface area contributed by atoms with Crippen LogP contribution in [-0.4, -0.2) is 17.9 Å². The van der Waals surface area contributed by atoms with Crippen LogP contribution in [0.2, 0.25) is 0 Å². The molecule has 3 rings (SSSR count). The van der Waals surface area contributed by atoms with E-state index in [1.54, 1.807) is 6.08 Å². The summed E-state index contributed by atoms with van der Waals surface area (Å²) >= 11 is 0. The minimum Gasteiger partial charge on any atom is -0.482 e. The van der Waals surface area contributed by atoms with Gasteiger partial charge in [-0.3, -0.25) is 0 Å². The summed E-state index contributed by atoms with van der Waals surface area (Å²) in [4.78, 5) is 0. The van der Waals surface area contributed by atoms with Crippen molar-refractivity contribution in [2.75, 3.05) is 0 Å². The third kappa shape index (κ3) is 1.40. The number of benzene rings is 1. The minimum atomic E-state index is -0.0472. The van der Waals surface area contributed by atoms with Gasteiger partial charge in [0, 0.05) is 12.1 Å². The Balaban J connectivity index is 1.96. The molecular weight excluding hydrogens is 190 g/mol. The zero-order valence-electron chi connectivity index (χ0n) is 8.14. The van der Waals surface area contributed by atoms with E-state index in [9.17, 15) is 0 Å². The minimum absolute atomic E-state index is 0.0441. The monoisotopic (exact) mass is 201 g/mol. The molecule has 2 aliphatic rings. The van der Waals surface area contributed by atoms with Gasteiger partial charge in [-0.15, -0.1) is 0 Å². The van der Waals surface area contributed by atoms with Crippen LogP contribution in [0, 0.1) is 5.41 Å². The number of fused-ring (bicyclic) bond motifs is 2. The van der Waals surface area contributed by atoms with E-state index in [2.05, 4.69) is 0 Å². The van der Waals surface area contributed by atoms with Crippen LogP contribution in [0.1, 0.15) is 6.42 Å². The Kier molecular flexibility index (Phi) is 1.78. The van der Waals surface area contributed by atoms with Gasteiger partial charge in [0.05, 0.1) is 0 Å². The van der Waals surface area contributed by atoms with Gasteiger partial charge in [-0.2, -0.15) is 0 Å². The van der Waals surface area contributed by atoms with Crippen LogP contribution in [0.15, 0.2) is 36.4 Å². The zero-order valence-corrected chi connectivity index (χ0v) is 8.14. The van der Waals surface area contributed by atoms with Gasteiger partial charge in [-0.1, -0.05) is 12.1 Å². The third-order valence-corrected chi connectivity index (χ3v) is 2.67. The van der Waals surface area contributed by atoms with Crippen molar-refractivity contribution in [3.8, 4) is 11.5 Å². The fourth-order valence-corrected chi connectivity index (χ4v) is 1.91. The van der Waals surface area contributed by atoms with E-state index >= 15 is 0 Å². The average Bonchev–Trinajstić information content (AvgIpc) is 2.26. The van der Waals surface area contributed by atoms with E-state index in [0.29, 0.717) is 12.1 Å². The Labute approximate surface area is 87.8 Å². The van der Waals surface area contributed by atoms with Crippen LogP contribution < -0.4 is 9.47 Å². The molecule has 1 aromatic rings. The fraction of sp³-hybridized carbons (Fsp3) is 0.250. The van der Waals surface area contributed by atoms with Crippen molar-refractivity contribution in [3.05, 3.63) is 36.4 Å². The Morgan fingerprint density at radius 2 is 1.87 bits per heavy atom. The quantitative estimate of drug-likeness (QED) is 0.699. The number of nitrogens with one attached hydrogen (secondary N) is 1. The highest BCUT2D eigenvalue weighted by molar-refractivity contribution is 5.93. The summed E-state index contributed by atoms with van der Waals surface area (Å²) < 4.78 is 11.6. The van der Waals surface area contributed by atoms with Crippen LogP contribution >= 0.6 is 0 Å². The second-order valence-electron chi connectivity index (χ2n) is 3.77. The summed E-state index contributed by atoms with van der Waals surface area (Å²) in [7, 11) is 0. The van der Waals surface area contributed by atoms with Crippen LogP contribution in [0.3, 0.4) is 0 Å². The van der Waals surface area contributed by atoms with E-state index in [0.717, 1.165) is 11.5 Å². The van der Waals surface area contributed by atoms with Gasteiger partial charge in [-0.25, -0.2) is 0 Å². The molecule has 15 heavy (non-hydrogen) atoms. The highest BCUT2D eigenvalue weighted by Gasteiger charge is 2.32. The molecule has 0 amide bonds. The summed E-state index contributed by atoms with van der Waals surface area (Å²) in [6, 6.07) is 7.65. The van der Waals surface area contributed by atoms with Gasteiger partial charge in [0.25, 0.3) is 0 Å². The molecule has 0 fully saturated rings. The molecule has 3 nitrogen and oxygen atoms in total. The topological polar surface area (TPSA) is 42.3 Å². The molecule has 1 N–H and O–H groups in total. The molecule has 0 aromatic heterocycles. The average molecular weight is 201 g/mol. The van der Waals surface area contributed by atoms with Gasteiger partial charge >= 0.3 is 0 Å². The first-order valence-electron chi connectivity index (χ1n) is 5.01. The van der Waals surface area contributed by atoms with Crippen LogP contribution in [0.5, 0.6) is 11.5 Å². The fourth-order valence-electron chi connectivity index (χ4n) is 1.91. The van der Waals surface area contributed by atoms with Crippen LogP contribution in [0.4, 0.5) is 0 Å². The number of hydrogen-bond donors (Lipinski definition) is 1. The summed E-state index contributed by atoms with van der Waals surface area (Å²) in [5.41, 5.74) is 0.597. The molecule has 1 heterocycles. The Morgan fingerprint density at radius 1 is 1.13 bits per heavy atom. The molecule has 3 heteroatoms. The van der Waals surface area contributed by atoms with Crippen molar-refractivity contribution >= 4 is 5.71 Å². The van der Waals surface area contributed by atoms with Gasteiger partial charge in [0.1, 0.15) is 6.10 Å². The van der Waals surface area contributed by atoms with Gasteiger partial charge in [0.15, 0.2) is 17.6 Å². The van der Waals surface area contributed by atoms with Gasteiger partial charge < -0.3 is 14.9 Å². The number of rotatable bonds is 0. The molecular formula is C12H11NO2. The lowest BCUT2D eigenvalue weighted by molar-refractivity contribution is 0.0505. The van der Waals surface area contributed by atoms with Crippen LogP contribution in [0.25, 0.3) is 0 Å². The Bertz CT molecular complexity index is 439. The zero-order chi connectivity index (χ0) is 10.3. The van der Waals surface area contributed by atoms with Gasteiger partial charge in [-0.05, 0) is 24.3 Å². The van der Waals surface area contributed by atoms with E-state index in [4.69, 9.17) is 14.9 Å². The molecule has 1 aromatic carbocycles. The first kappa shape index (κ1) is 8.53. The smallest absolute Gasteiger partial charge is 0.162 e. The van der Waals surface area contributed by atoms with Crippen molar-refractivity contribution < 1.29 is 9.47 Å². The molecule has 2 unspecified atom stereocenters. The SMILES string of the molecule is N=C1C=CC2Oc3ccccc3OC2C1. The standard InChI is InChI=1S/C12H11NO2/c13-8-5-6-11-12(7-8)15-10-4-2-1-3-9(10)14-11/h1-6,11-13H,7H2. The molecule has 76 valence electrons. The Morgan fingerprint density at radius 3 is 2.67 bits per heavy atom. The predicted octanol–water partition coefficient (Wildman–Crippen LogP) is 2.17. The second-order valence-corrected chi connectivity index (χ2v) is 3.77. The van der Waals surface area contributed by atoms with Crippen LogP contribution in [-0.2, 0) is 0 Å². The molecule has 1 aliphatic heterocycles. The van der Waals surface area contributed by atoms with Crippen molar-refractivity contribution in [3.63, 3.8) is 0 Å². The highest BCUT2D eigenvalue weighted by atomic mass is 16.6. The molecule has 0 radical (unpaired) electrons. The van der Waals surface area contributed by atoms with Crippen molar-refractivity contribution in [1.29, 1.82) is 5.41 Å². The largest absolute Gasteiger partial charge is 0.482 e. The predicted molar refractivity (Wildman–Crippen MR) is 56.8 cm³/mol. The van der Waals surface area contributed by atoms with Crippen molar-refractivity contribution in [1.82, 2.24) is 0 Å². The van der Waals surface area contributed by atoms with E-state index < -0.39 is 0 Å². The maximum absolute atomic E-state index is 7.57. The molecule has 2 atom stereocenters. The summed E-state index contributed by atoms with van der Waals surface area (Å²) in [5.74, 6) is 1.57.